The molecular formula is C13H16N4O. The molecule has 0 amide bonds. The molecule has 5 nitrogen and oxygen atoms in total. The molecule has 2 aromatic rings. The summed E-state index contributed by atoms with van der Waals surface area (Å²) in [6.07, 6.45) is 1.67. The van der Waals surface area contributed by atoms with Crippen LogP contribution in [0.5, 0.6) is 11.6 Å². The SMILES string of the molecule is Cc1ccc(Oc2nc(NN)ncc2C)c(C)c1. The summed E-state index contributed by atoms with van der Waals surface area (Å²) in [7, 11) is 0. The van der Waals surface area contributed by atoms with E-state index >= 15 is 0 Å². The number of nitrogens with two attached hydrogens (primary N) is 1. The van der Waals surface area contributed by atoms with Crippen LogP contribution in [0.4, 0.5) is 5.95 Å². The Kier molecular flexibility index (Phi) is 3.43. The number of rotatable bonds is 3. The van der Waals surface area contributed by atoms with Gasteiger partial charge in [0.05, 0.1) is 0 Å². The van der Waals surface area contributed by atoms with Crippen molar-refractivity contribution in [2.45, 2.75) is 20.8 Å². The van der Waals surface area contributed by atoms with Crippen LogP contribution in [0.25, 0.3) is 0 Å². The summed E-state index contributed by atoms with van der Waals surface area (Å²) in [5, 5.41) is 0. The molecule has 18 heavy (non-hydrogen) atoms. The van der Waals surface area contributed by atoms with Crippen LogP contribution in [0.15, 0.2) is 24.4 Å². The monoisotopic (exact) mass is 244 g/mol. The van der Waals surface area contributed by atoms with E-state index in [1.54, 1.807) is 6.20 Å². The van der Waals surface area contributed by atoms with Crippen molar-refractivity contribution in [1.29, 1.82) is 0 Å². The quantitative estimate of drug-likeness (QED) is 0.641. The van der Waals surface area contributed by atoms with Gasteiger partial charge in [-0.2, -0.15) is 4.98 Å². The van der Waals surface area contributed by atoms with Crippen molar-refractivity contribution >= 4 is 5.95 Å². The lowest BCUT2D eigenvalue weighted by molar-refractivity contribution is 0.454. The Balaban J connectivity index is 2.33. The van der Waals surface area contributed by atoms with Gasteiger partial charge in [-0.1, -0.05) is 17.7 Å². The number of hydrazine groups is 1. The molecular weight excluding hydrogens is 228 g/mol. The van der Waals surface area contributed by atoms with Crippen LogP contribution >= 0.6 is 0 Å². The fourth-order valence-electron chi connectivity index (χ4n) is 1.62. The minimum Gasteiger partial charge on any atom is -0.438 e. The van der Waals surface area contributed by atoms with Crippen molar-refractivity contribution in [3.8, 4) is 11.6 Å². The lowest BCUT2D eigenvalue weighted by atomic mass is 10.1. The van der Waals surface area contributed by atoms with Gasteiger partial charge >= 0.3 is 0 Å². The smallest absolute Gasteiger partial charge is 0.240 e. The lowest BCUT2D eigenvalue weighted by Crippen LogP contribution is -2.11. The number of hydrogen-bond donors (Lipinski definition) is 2. The third-order valence-electron chi connectivity index (χ3n) is 2.59. The van der Waals surface area contributed by atoms with Crippen LogP contribution in [0.3, 0.4) is 0 Å². The first-order valence-corrected chi connectivity index (χ1v) is 5.65. The summed E-state index contributed by atoms with van der Waals surface area (Å²) in [4.78, 5) is 8.19. The number of nitrogens with zero attached hydrogens (tertiary/aromatic N) is 2. The molecule has 0 aliphatic heterocycles. The normalized spacial score (nSPS) is 10.2. The number of aromatic nitrogens is 2. The largest absolute Gasteiger partial charge is 0.438 e. The molecule has 0 aliphatic carbocycles. The highest BCUT2D eigenvalue weighted by molar-refractivity contribution is 5.40. The molecule has 0 saturated carbocycles. The number of nitrogens with one attached hydrogen (secondary N) is 1. The van der Waals surface area contributed by atoms with Crippen LogP contribution in [0.1, 0.15) is 16.7 Å². The van der Waals surface area contributed by atoms with Crippen molar-refractivity contribution in [2.75, 3.05) is 5.43 Å². The van der Waals surface area contributed by atoms with Gasteiger partial charge in [-0.25, -0.2) is 10.8 Å². The van der Waals surface area contributed by atoms with Crippen LogP contribution in [0, 0.1) is 20.8 Å². The zero-order valence-electron chi connectivity index (χ0n) is 10.7. The van der Waals surface area contributed by atoms with E-state index in [9.17, 15) is 0 Å². The molecule has 94 valence electrons. The second-order valence-corrected chi connectivity index (χ2v) is 4.20. The number of ether oxygens (including phenoxy) is 1. The summed E-state index contributed by atoms with van der Waals surface area (Å²) in [5.41, 5.74) is 5.52. The average molecular weight is 244 g/mol. The molecule has 0 spiro atoms. The molecule has 3 N–H and O–H groups in total. The topological polar surface area (TPSA) is 73.1 Å². The maximum Gasteiger partial charge on any atom is 0.240 e. The van der Waals surface area contributed by atoms with E-state index in [0.29, 0.717) is 11.8 Å². The number of aryl methyl sites for hydroxylation is 3. The molecule has 0 radical (unpaired) electrons. The molecule has 0 saturated heterocycles. The maximum atomic E-state index is 5.79. The van der Waals surface area contributed by atoms with Gasteiger partial charge in [-0.3, -0.25) is 5.43 Å². The second kappa shape index (κ2) is 5.01. The molecule has 2 rings (SSSR count). The molecule has 0 fully saturated rings. The molecule has 0 atom stereocenters. The third-order valence-corrected chi connectivity index (χ3v) is 2.59. The Bertz CT molecular complexity index is 569. The van der Waals surface area contributed by atoms with Crippen LogP contribution in [-0.4, -0.2) is 9.97 Å². The summed E-state index contributed by atoms with van der Waals surface area (Å²) in [6, 6.07) is 6.00. The number of anilines is 1. The molecule has 1 aromatic heterocycles. The molecule has 0 bridgehead atoms. The summed E-state index contributed by atoms with van der Waals surface area (Å²) < 4.78 is 5.79. The van der Waals surface area contributed by atoms with Crippen LogP contribution < -0.4 is 16.0 Å². The van der Waals surface area contributed by atoms with Crippen molar-refractivity contribution in [3.63, 3.8) is 0 Å². The average Bonchev–Trinajstić information content (AvgIpc) is 2.35. The Labute approximate surface area is 106 Å². The van der Waals surface area contributed by atoms with E-state index in [2.05, 4.69) is 21.5 Å². The zero-order chi connectivity index (χ0) is 13.1. The second-order valence-electron chi connectivity index (χ2n) is 4.20. The molecule has 1 aromatic carbocycles. The minimum atomic E-state index is 0.334. The van der Waals surface area contributed by atoms with E-state index in [-0.39, 0.29) is 0 Å². The lowest BCUT2D eigenvalue weighted by Gasteiger charge is -2.11. The van der Waals surface area contributed by atoms with Gasteiger partial charge in [-0.05, 0) is 32.4 Å². The van der Waals surface area contributed by atoms with Crippen LogP contribution in [-0.2, 0) is 0 Å². The van der Waals surface area contributed by atoms with Gasteiger partial charge in [0, 0.05) is 11.8 Å². The fourth-order valence-corrected chi connectivity index (χ4v) is 1.62. The minimum absolute atomic E-state index is 0.334. The Morgan fingerprint density at radius 3 is 2.61 bits per heavy atom. The summed E-state index contributed by atoms with van der Waals surface area (Å²) >= 11 is 0. The highest BCUT2D eigenvalue weighted by atomic mass is 16.5. The summed E-state index contributed by atoms with van der Waals surface area (Å²) in [5.74, 6) is 6.90. The van der Waals surface area contributed by atoms with Gasteiger partial charge in [0.2, 0.25) is 11.8 Å². The third kappa shape index (κ3) is 2.57. The Hall–Kier alpha value is -2.14. The van der Waals surface area contributed by atoms with Crippen molar-refractivity contribution in [3.05, 3.63) is 41.1 Å². The molecule has 5 heteroatoms. The van der Waals surface area contributed by atoms with Gasteiger partial charge in [0.15, 0.2) is 0 Å². The highest BCUT2D eigenvalue weighted by Gasteiger charge is 2.07. The first-order valence-electron chi connectivity index (χ1n) is 5.65. The van der Waals surface area contributed by atoms with Gasteiger partial charge in [0.1, 0.15) is 5.75 Å². The predicted octanol–water partition coefficient (Wildman–Crippen LogP) is 2.48. The van der Waals surface area contributed by atoms with Crippen LogP contribution in [0.2, 0.25) is 0 Å². The number of hydrogen-bond acceptors (Lipinski definition) is 5. The Morgan fingerprint density at radius 2 is 1.94 bits per heavy atom. The maximum absolute atomic E-state index is 5.79. The number of benzene rings is 1. The fraction of sp³-hybridized carbons (Fsp3) is 0.231. The van der Waals surface area contributed by atoms with E-state index < -0.39 is 0 Å². The van der Waals surface area contributed by atoms with Crippen molar-refractivity contribution < 1.29 is 4.74 Å². The van der Waals surface area contributed by atoms with E-state index in [4.69, 9.17) is 10.6 Å². The van der Waals surface area contributed by atoms with Gasteiger partial charge < -0.3 is 4.74 Å². The standard InChI is InChI=1S/C13H16N4O/c1-8-4-5-11(9(2)6-8)18-12-10(3)7-15-13(16-12)17-14/h4-7H,14H2,1-3H3,(H,15,16,17). The van der Waals surface area contributed by atoms with E-state index in [1.807, 2.05) is 32.9 Å². The first kappa shape index (κ1) is 12.3. The first-order chi connectivity index (χ1) is 8.60. The van der Waals surface area contributed by atoms with E-state index in [1.165, 1.54) is 5.56 Å². The van der Waals surface area contributed by atoms with Gasteiger partial charge in [-0.15, -0.1) is 0 Å². The van der Waals surface area contributed by atoms with Gasteiger partial charge in [0.25, 0.3) is 0 Å². The summed E-state index contributed by atoms with van der Waals surface area (Å²) in [6.45, 7) is 5.93. The molecule has 0 unspecified atom stereocenters. The zero-order valence-corrected chi connectivity index (χ0v) is 10.7. The molecule has 1 heterocycles. The predicted molar refractivity (Wildman–Crippen MR) is 70.6 cm³/mol. The highest BCUT2D eigenvalue weighted by Crippen LogP contribution is 2.26. The van der Waals surface area contributed by atoms with Crippen molar-refractivity contribution in [1.82, 2.24) is 9.97 Å². The van der Waals surface area contributed by atoms with E-state index in [0.717, 1.165) is 16.9 Å². The van der Waals surface area contributed by atoms with Crippen molar-refractivity contribution in [2.24, 2.45) is 5.84 Å². The Morgan fingerprint density at radius 1 is 1.17 bits per heavy atom. The number of nitrogen functional groups attached to an aromatic ring is 1. The molecule has 0 aliphatic rings.